The number of hydrogen-bond acceptors (Lipinski definition) is 1. The summed E-state index contributed by atoms with van der Waals surface area (Å²) in [6, 6.07) is 44.1. The standard InChI is InChI=1S/C38H30S/c1-27-3-7-29(8-4-27)11-13-31-15-17-35-25-37(21-19-33(35)23-31)39-38-22-20-34-24-32(16-18-36(34)26-38)14-12-30-9-5-28(2)6-10-30/h3-26H,1-2H3. The summed E-state index contributed by atoms with van der Waals surface area (Å²) in [7, 11) is 0. The van der Waals surface area contributed by atoms with Crippen LogP contribution >= 0.6 is 11.8 Å². The molecular formula is C38H30S. The van der Waals surface area contributed by atoms with Crippen molar-refractivity contribution in [1.29, 1.82) is 0 Å². The summed E-state index contributed by atoms with van der Waals surface area (Å²) in [6.07, 6.45) is 8.72. The van der Waals surface area contributed by atoms with Crippen molar-refractivity contribution in [1.82, 2.24) is 0 Å². The first-order valence-corrected chi connectivity index (χ1v) is 14.1. The molecule has 0 atom stereocenters. The Morgan fingerprint density at radius 3 is 1.13 bits per heavy atom. The van der Waals surface area contributed by atoms with Crippen LogP contribution in [0.25, 0.3) is 45.8 Å². The number of benzene rings is 6. The molecule has 39 heavy (non-hydrogen) atoms. The van der Waals surface area contributed by atoms with Crippen LogP contribution in [0.15, 0.2) is 131 Å². The minimum Gasteiger partial charge on any atom is -0.0901 e. The molecule has 0 heterocycles. The van der Waals surface area contributed by atoms with Gasteiger partial charge in [-0.1, -0.05) is 132 Å². The molecule has 0 bridgehead atoms. The first-order valence-electron chi connectivity index (χ1n) is 13.3. The summed E-state index contributed by atoms with van der Waals surface area (Å²) in [5, 5.41) is 5.04. The van der Waals surface area contributed by atoms with Crippen LogP contribution in [-0.2, 0) is 0 Å². The van der Waals surface area contributed by atoms with Crippen LogP contribution in [0.4, 0.5) is 0 Å². The van der Waals surface area contributed by atoms with E-state index in [1.807, 2.05) is 11.8 Å². The van der Waals surface area contributed by atoms with Gasteiger partial charge in [-0.25, -0.2) is 0 Å². The highest BCUT2D eigenvalue weighted by Crippen LogP contribution is 2.33. The summed E-state index contributed by atoms with van der Waals surface area (Å²) in [5.41, 5.74) is 7.44. The van der Waals surface area contributed by atoms with E-state index in [4.69, 9.17) is 0 Å². The Hall–Kier alpha value is -4.33. The van der Waals surface area contributed by atoms with Crippen molar-refractivity contribution in [2.24, 2.45) is 0 Å². The predicted octanol–water partition coefficient (Wildman–Crippen LogP) is 11.1. The molecule has 0 aliphatic rings. The fourth-order valence-corrected chi connectivity index (χ4v) is 5.61. The van der Waals surface area contributed by atoms with Gasteiger partial charge in [0.25, 0.3) is 0 Å². The highest BCUT2D eigenvalue weighted by atomic mass is 32.2. The van der Waals surface area contributed by atoms with Crippen molar-refractivity contribution in [3.8, 4) is 0 Å². The van der Waals surface area contributed by atoms with Gasteiger partial charge in [0.2, 0.25) is 0 Å². The molecule has 0 spiro atoms. The average molecular weight is 519 g/mol. The van der Waals surface area contributed by atoms with Crippen molar-refractivity contribution in [3.05, 3.63) is 155 Å². The van der Waals surface area contributed by atoms with E-state index in [9.17, 15) is 0 Å². The van der Waals surface area contributed by atoms with Gasteiger partial charge in [-0.3, -0.25) is 0 Å². The zero-order valence-electron chi connectivity index (χ0n) is 22.3. The molecule has 6 rings (SSSR count). The minimum absolute atomic E-state index is 1.21. The van der Waals surface area contributed by atoms with E-state index >= 15 is 0 Å². The number of hydrogen-bond donors (Lipinski definition) is 0. The Balaban J connectivity index is 1.16. The molecule has 6 aromatic carbocycles. The highest BCUT2D eigenvalue weighted by Gasteiger charge is 2.03. The Bertz CT molecular complexity index is 1680. The lowest BCUT2D eigenvalue weighted by molar-refractivity contribution is 1.44. The quantitative estimate of drug-likeness (QED) is 0.198. The van der Waals surface area contributed by atoms with Crippen LogP contribution in [0, 0.1) is 13.8 Å². The molecule has 0 unspecified atom stereocenters. The maximum Gasteiger partial charge on any atom is 0.0128 e. The minimum atomic E-state index is 1.21. The summed E-state index contributed by atoms with van der Waals surface area (Å²) in [6.45, 7) is 4.23. The zero-order chi connectivity index (χ0) is 26.6. The van der Waals surface area contributed by atoms with Crippen LogP contribution in [-0.4, -0.2) is 0 Å². The zero-order valence-corrected chi connectivity index (χ0v) is 23.1. The molecule has 0 radical (unpaired) electrons. The topological polar surface area (TPSA) is 0 Å². The number of aryl methyl sites for hydroxylation is 2. The Kier molecular flexibility index (Phi) is 7.17. The molecule has 0 amide bonds. The summed E-state index contributed by atoms with van der Waals surface area (Å²) >= 11 is 1.82. The van der Waals surface area contributed by atoms with Gasteiger partial charge in [0.15, 0.2) is 0 Å². The normalized spacial score (nSPS) is 11.7. The molecule has 0 fully saturated rings. The fourth-order valence-electron chi connectivity index (χ4n) is 4.70. The summed E-state index contributed by atoms with van der Waals surface area (Å²) < 4.78 is 0. The molecule has 0 saturated carbocycles. The molecule has 0 aliphatic carbocycles. The molecule has 0 N–H and O–H groups in total. The second kappa shape index (κ2) is 11.2. The first-order chi connectivity index (χ1) is 19.1. The second-order valence-corrected chi connectivity index (χ2v) is 11.3. The monoisotopic (exact) mass is 518 g/mol. The van der Waals surface area contributed by atoms with Gasteiger partial charge in [0.1, 0.15) is 0 Å². The fraction of sp³-hybridized carbons (Fsp3) is 0.0526. The van der Waals surface area contributed by atoms with Crippen molar-refractivity contribution in [2.45, 2.75) is 23.6 Å². The Labute approximate surface area is 235 Å². The van der Waals surface area contributed by atoms with Crippen LogP contribution in [0.2, 0.25) is 0 Å². The largest absolute Gasteiger partial charge is 0.0901 e. The van der Waals surface area contributed by atoms with Crippen molar-refractivity contribution < 1.29 is 0 Å². The van der Waals surface area contributed by atoms with E-state index in [0.29, 0.717) is 0 Å². The molecular weight excluding hydrogens is 488 g/mol. The van der Waals surface area contributed by atoms with Gasteiger partial charge in [-0.2, -0.15) is 0 Å². The van der Waals surface area contributed by atoms with Gasteiger partial charge >= 0.3 is 0 Å². The molecule has 0 nitrogen and oxygen atoms in total. The Morgan fingerprint density at radius 1 is 0.359 bits per heavy atom. The smallest absolute Gasteiger partial charge is 0.0128 e. The Morgan fingerprint density at radius 2 is 0.692 bits per heavy atom. The second-order valence-electron chi connectivity index (χ2n) is 10.1. The van der Waals surface area contributed by atoms with Crippen molar-refractivity contribution in [3.63, 3.8) is 0 Å². The van der Waals surface area contributed by atoms with E-state index in [0.717, 1.165) is 0 Å². The van der Waals surface area contributed by atoms with Gasteiger partial charge in [-0.15, -0.1) is 0 Å². The predicted molar refractivity (Wildman–Crippen MR) is 172 cm³/mol. The van der Waals surface area contributed by atoms with Crippen LogP contribution in [0.5, 0.6) is 0 Å². The lowest BCUT2D eigenvalue weighted by atomic mass is 10.1. The maximum atomic E-state index is 2.29. The SMILES string of the molecule is Cc1ccc(C=Cc2ccc3cc(Sc4ccc5cc(C=Cc6ccc(C)cc6)ccc5c4)ccc3c2)cc1. The highest BCUT2D eigenvalue weighted by molar-refractivity contribution is 7.99. The third-order valence-electron chi connectivity index (χ3n) is 7.00. The lowest BCUT2D eigenvalue weighted by Gasteiger charge is -2.07. The third-order valence-corrected chi connectivity index (χ3v) is 7.98. The maximum absolute atomic E-state index is 2.29. The van der Waals surface area contributed by atoms with E-state index in [-0.39, 0.29) is 0 Å². The van der Waals surface area contributed by atoms with Gasteiger partial charge in [-0.05, 0) is 94.0 Å². The van der Waals surface area contributed by atoms with E-state index in [1.165, 1.54) is 64.7 Å². The summed E-state index contributed by atoms with van der Waals surface area (Å²) in [4.78, 5) is 2.50. The van der Waals surface area contributed by atoms with Gasteiger partial charge < -0.3 is 0 Å². The molecule has 188 valence electrons. The van der Waals surface area contributed by atoms with Crippen LogP contribution < -0.4 is 0 Å². The third kappa shape index (κ3) is 6.22. The van der Waals surface area contributed by atoms with Gasteiger partial charge in [0.05, 0.1) is 0 Å². The number of fused-ring (bicyclic) bond motifs is 2. The molecule has 0 saturated heterocycles. The molecule has 6 aromatic rings. The van der Waals surface area contributed by atoms with Crippen molar-refractivity contribution in [2.75, 3.05) is 0 Å². The number of rotatable bonds is 6. The first kappa shape index (κ1) is 25.0. The van der Waals surface area contributed by atoms with E-state index in [1.54, 1.807) is 0 Å². The lowest BCUT2D eigenvalue weighted by Crippen LogP contribution is -1.81. The molecule has 0 aliphatic heterocycles. The van der Waals surface area contributed by atoms with Crippen molar-refractivity contribution >= 4 is 57.6 Å². The van der Waals surface area contributed by atoms with E-state index in [2.05, 4.69) is 159 Å². The van der Waals surface area contributed by atoms with Crippen LogP contribution in [0.1, 0.15) is 33.4 Å². The van der Waals surface area contributed by atoms with Crippen LogP contribution in [0.3, 0.4) is 0 Å². The molecule has 1 heteroatoms. The summed E-state index contributed by atoms with van der Waals surface area (Å²) in [5.74, 6) is 0. The average Bonchev–Trinajstić information content (AvgIpc) is 2.96. The van der Waals surface area contributed by atoms with Gasteiger partial charge in [0, 0.05) is 9.79 Å². The van der Waals surface area contributed by atoms with E-state index < -0.39 is 0 Å². The molecule has 0 aromatic heterocycles.